The zero-order valence-corrected chi connectivity index (χ0v) is 71.8. The first-order chi connectivity index (χ1) is 53.6. The van der Waals surface area contributed by atoms with Gasteiger partial charge in [0, 0.05) is 95.7 Å². The van der Waals surface area contributed by atoms with Crippen molar-refractivity contribution in [3.05, 3.63) is 310 Å². The van der Waals surface area contributed by atoms with Crippen LogP contribution in [0.2, 0.25) is 5.02 Å². The van der Waals surface area contributed by atoms with Crippen molar-refractivity contribution in [1.82, 2.24) is 39.9 Å². The van der Waals surface area contributed by atoms with Crippen LogP contribution in [0.1, 0.15) is 196 Å². The van der Waals surface area contributed by atoms with Crippen LogP contribution in [-0.4, -0.2) is 39.9 Å². The fraction of sp³-hybridized carbons (Fsp3) is 0.294. The van der Waals surface area contributed by atoms with Gasteiger partial charge in [-0.25, -0.2) is 19.3 Å². The minimum Gasteiger partial charge on any atom is -0.436 e. The van der Waals surface area contributed by atoms with E-state index in [0.717, 1.165) is 88.4 Å². The van der Waals surface area contributed by atoms with E-state index in [4.69, 9.17) is 20.4 Å². The molecule has 0 spiro atoms. The second-order valence-electron chi connectivity index (χ2n) is 36.9. The highest BCUT2D eigenvalue weighted by Crippen LogP contribution is 2.37. The second-order valence-corrected chi connectivity index (χ2v) is 37.3. The predicted octanol–water partition coefficient (Wildman–Crippen LogP) is 29.4. The maximum atomic E-state index is 13.7. The van der Waals surface area contributed by atoms with Crippen molar-refractivity contribution in [2.45, 2.75) is 197 Å². The van der Waals surface area contributed by atoms with Crippen LogP contribution in [0, 0.1) is 19.7 Å². The first kappa shape index (κ1) is 83.8. The van der Waals surface area contributed by atoms with E-state index in [0.29, 0.717) is 11.8 Å². The van der Waals surface area contributed by atoms with Gasteiger partial charge in [0.05, 0.1) is 11.0 Å². The molecule has 7 aromatic heterocycles. The number of halogens is 2. The lowest BCUT2D eigenvalue weighted by Crippen LogP contribution is -2.13. The molecule has 0 atom stereocenters. The van der Waals surface area contributed by atoms with Gasteiger partial charge in [0.1, 0.15) is 22.7 Å². The fourth-order valence-corrected chi connectivity index (χ4v) is 13.9. The van der Waals surface area contributed by atoms with Crippen LogP contribution >= 0.6 is 11.6 Å². The predicted molar refractivity (Wildman–Crippen MR) is 482 cm³/mol. The quantitative estimate of drug-likeness (QED) is 0.139. The topological polar surface area (TPSA) is 141 Å². The first-order valence-corrected chi connectivity index (χ1v) is 39.9. The molecule has 17 rings (SSSR count). The number of H-pyrrole nitrogens is 4. The van der Waals surface area contributed by atoms with Crippen molar-refractivity contribution in [3.63, 3.8) is 0 Å². The third kappa shape index (κ3) is 20.8. The third-order valence-electron chi connectivity index (χ3n) is 20.3. The molecule has 0 radical (unpaired) electrons. The van der Waals surface area contributed by atoms with Gasteiger partial charge in [-0.15, -0.1) is 0 Å². The van der Waals surface area contributed by atoms with E-state index >= 15 is 0 Å². The lowest BCUT2D eigenvalue weighted by atomic mass is 9.84. The molecular formula is C102H114ClFN8O2. The van der Waals surface area contributed by atoms with Gasteiger partial charge in [-0.3, -0.25) is 4.98 Å². The Hall–Kier alpha value is -11.1. The lowest BCUT2D eigenvalue weighted by Gasteiger charge is -2.20. The van der Waals surface area contributed by atoms with Crippen molar-refractivity contribution < 1.29 is 13.2 Å². The average molecular weight is 1540 g/mol. The molecule has 0 unspecified atom stereocenters. The zero-order chi connectivity index (χ0) is 82.5. The molecule has 4 N–H and O–H groups in total. The molecule has 0 bridgehead atoms. The van der Waals surface area contributed by atoms with E-state index in [1.807, 2.05) is 149 Å². The van der Waals surface area contributed by atoms with Crippen LogP contribution in [0.5, 0.6) is 0 Å². The van der Waals surface area contributed by atoms with Gasteiger partial charge < -0.3 is 28.8 Å². The van der Waals surface area contributed by atoms with Gasteiger partial charge in [0.2, 0.25) is 11.8 Å². The Kier molecular flexibility index (Phi) is 24.9. The number of pyridine rings is 1. The summed E-state index contributed by atoms with van der Waals surface area (Å²) in [6.07, 6.45) is 7.81. The number of hydrogen-bond donors (Lipinski definition) is 4. The molecule has 17 aromatic rings. The molecule has 114 heavy (non-hydrogen) atoms. The van der Waals surface area contributed by atoms with E-state index in [9.17, 15) is 4.39 Å². The van der Waals surface area contributed by atoms with E-state index in [2.05, 4.69) is 294 Å². The summed E-state index contributed by atoms with van der Waals surface area (Å²) in [5.41, 5.74) is 23.8. The molecule has 0 amide bonds. The molecule has 0 aliphatic carbocycles. The molecule has 10 aromatic carbocycles. The first-order valence-electron chi connectivity index (χ1n) is 39.5. The van der Waals surface area contributed by atoms with E-state index in [1.54, 1.807) is 6.07 Å². The lowest BCUT2D eigenvalue weighted by molar-refractivity contribution is 0.524. The summed E-state index contributed by atoms with van der Waals surface area (Å²) in [5, 5.41) is 6.82. The SMILES string of the molecule is CC(C)(C)c1cc2[nH]ccc2cc1Cl.CC(C)(C)c1cc2[nH]ccc2cc1F.CC(C)(C)c1cc2ccccc2cn1.CC(C)(C)c1ccc2nc(-c3ccccc3)[nH]c2c1.CC(C)(C)c1ccc2oc(-c3ccccc3)nc2c1.Cc1c[nH]c2cccc(C(C)(C)C)c12.Cc1ccccc1-c1nc2cc(C(C)(C)C)ccc2o1. The monoisotopic (exact) mass is 1540 g/mol. The van der Waals surface area contributed by atoms with Crippen LogP contribution in [0.3, 0.4) is 0 Å². The number of aromatic nitrogens is 8. The summed E-state index contributed by atoms with van der Waals surface area (Å²) in [5.74, 6) is 2.19. The third-order valence-corrected chi connectivity index (χ3v) is 20.6. The van der Waals surface area contributed by atoms with Gasteiger partial charge in [-0.1, -0.05) is 278 Å². The molecule has 7 heterocycles. The molecule has 0 fully saturated rings. The van der Waals surface area contributed by atoms with Gasteiger partial charge in [-0.2, -0.15) is 0 Å². The maximum Gasteiger partial charge on any atom is 0.227 e. The van der Waals surface area contributed by atoms with Crippen molar-refractivity contribution in [2.75, 3.05) is 0 Å². The standard InChI is InChI=1S/C18H19NO.C17H18N2.C17H17NO.C13H17N.C13H15N.C12H14ClN.C12H14FN/c1-12-7-5-6-8-14(12)17-19-15-11-13(18(2,3)4)9-10-16(15)20-17;1-17(2,3)13-9-10-14-15(11-13)19-16(18-14)12-7-5-4-6-8-12;1-17(2,3)13-9-10-15-14(11-13)18-16(19-15)12-7-5-4-6-8-12;1-9-8-14-11-7-5-6-10(12(9)11)13(2,3)4;1-13(2,3)12-8-10-6-4-5-7-11(10)9-14-12;2*1-12(2,3)9-7-11-8(4-5-14-11)6-10(9)13/h5-11H,1-4H3;4-11H,1-3H3,(H,18,19);4-11H,1-3H3;5-8,14H,1-4H3;4-9H,1-3H3;2*4-7,14H,1-3H3. The Morgan fingerprint density at radius 1 is 0.351 bits per heavy atom. The largest absolute Gasteiger partial charge is 0.436 e. The van der Waals surface area contributed by atoms with Crippen LogP contribution in [0.4, 0.5) is 4.39 Å². The number of benzene rings is 10. The maximum absolute atomic E-state index is 13.7. The normalized spacial score (nSPS) is 12.1. The number of imidazole rings is 1. The Bertz CT molecular complexity index is 5880. The number of fused-ring (bicyclic) bond motifs is 7. The summed E-state index contributed by atoms with van der Waals surface area (Å²) in [7, 11) is 0. The minimum atomic E-state index is -0.149. The van der Waals surface area contributed by atoms with Gasteiger partial charge in [0.25, 0.3) is 0 Å². The van der Waals surface area contributed by atoms with Crippen molar-refractivity contribution in [2.24, 2.45) is 0 Å². The fourth-order valence-electron chi connectivity index (χ4n) is 13.4. The molecule has 0 saturated heterocycles. The second kappa shape index (κ2) is 33.9. The molecule has 0 saturated carbocycles. The summed E-state index contributed by atoms with van der Waals surface area (Å²) >= 11 is 6.23. The van der Waals surface area contributed by atoms with E-state index in [1.165, 1.54) is 66.0 Å². The van der Waals surface area contributed by atoms with Gasteiger partial charge in [-0.05, 0) is 199 Å². The molecule has 12 heteroatoms. The number of aryl methyl sites for hydroxylation is 2. The van der Waals surface area contributed by atoms with Crippen LogP contribution in [-0.2, 0) is 37.9 Å². The summed E-state index contributed by atoms with van der Waals surface area (Å²) in [6.45, 7) is 50.0. The van der Waals surface area contributed by atoms with Crippen molar-refractivity contribution in [1.29, 1.82) is 0 Å². The molecular weight excluding hydrogens is 1420 g/mol. The van der Waals surface area contributed by atoms with Gasteiger partial charge >= 0.3 is 0 Å². The highest BCUT2D eigenvalue weighted by Gasteiger charge is 2.24. The highest BCUT2D eigenvalue weighted by atomic mass is 35.5. The Morgan fingerprint density at radius 2 is 0.851 bits per heavy atom. The number of hydrogen-bond acceptors (Lipinski definition) is 6. The van der Waals surface area contributed by atoms with Gasteiger partial charge in [0.15, 0.2) is 11.2 Å². The summed E-state index contributed by atoms with van der Waals surface area (Å²) in [6, 6.07) is 75.9. The van der Waals surface area contributed by atoms with Crippen LogP contribution in [0.25, 0.3) is 111 Å². The Balaban J connectivity index is 0.000000132. The number of aromatic amines is 4. The van der Waals surface area contributed by atoms with E-state index in [-0.39, 0.29) is 43.7 Å². The van der Waals surface area contributed by atoms with Crippen molar-refractivity contribution in [3.8, 4) is 34.3 Å². The van der Waals surface area contributed by atoms with E-state index < -0.39 is 0 Å². The Morgan fingerprint density at radius 3 is 1.41 bits per heavy atom. The smallest absolute Gasteiger partial charge is 0.227 e. The number of nitrogens with zero attached hydrogens (tertiary/aromatic N) is 4. The molecule has 588 valence electrons. The van der Waals surface area contributed by atoms with Crippen LogP contribution in [0.15, 0.2) is 258 Å². The van der Waals surface area contributed by atoms with Crippen LogP contribution < -0.4 is 0 Å². The zero-order valence-electron chi connectivity index (χ0n) is 71.0. The average Bonchev–Trinajstić information content (AvgIpc) is 1.53. The number of oxazole rings is 2. The number of rotatable bonds is 3. The summed E-state index contributed by atoms with van der Waals surface area (Å²) in [4.78, 5) is 31.4. The molecule has 10 nitrogen and oxygen atoms in total. The highest BCUT2D eigenvalue weighted by molar-refractivity contribution is 6.32. The number of nitrogens with one attached hydrogen (secondary N) is 4. The molecule has 0 aliphatic heterocycles. The Labute approximate surface area is 678 Å². The van der Waals surface area contributed by atoms with Crippen molar-refractivity contribution >= 4 is 88.3 Å². The molecule has 0 aliphatic rings. The minimum absolute atomic E-state index is 0.0936. The summed E-state index contributed by atoms with van der Waals surface area (Å²) < 4.78 is 25.4.